The Morgan fingerprint density at radius 1 is 0.277 bits per heavy atom. The zero-order chi connectivity index (χ0) is 60.8. The van der Waals surface area contributed by atoms with E-state index in [-0.39, 0.29) is 11.6 Å². The molecule has 0 unspecified atom stereocenters. The van der Waals surface area contributed by atoms with E-state index in [4.69, 9.17) is 49.4 Å². The lowest BCUT2D eigenvalue weighted by Crippen LogP contribution is -2.88. The van der Waals surface area contributed by atoms with Gasteiger partial charge >= 0.3 is 76.4 Å². The Kier molecular flexibility index (Phi) is 31.6. The number of rotatable bonds is 45. The summed E-state index contributed by atoms with van der Waals surface area (Å²) in [5, 5.41) is 10.6. The summed E-state index contributed by atoms with van der Waals surface area (Å²) in [6, 6.07) is 3.52. The van der Waals surface area contributed by atoms with E-state index < -0.39 is 76.4 Å². The van der Waals surface area contributed by atoms with Crippen molar-refractivity contribution in [3.63, 3.8) is 0 Å². The second-order valence-corrected chi connectivity index (χ2v) is 53.7. The second-order valence-electron chi connectivity index (χ2n) is 29.0. The van der Waals surface area contributed by atoms with E-state index in [0.29, 0.717) is 83.7 Å². The molecular formula is C61H126O14Si8. The Morgan fingerprint density at radius 3 is 0.578 bits per heavy atom. The zero-order valence-electron chi connectivity index (χ0n) is 55.8. The van der Waals surface area contributed by atoms with Gasteiger partial charge in [0.15, 0.2) is 0 Å². The van der Waals surface area contributed by atoms with Gasteiger partial charge in [0.05, 0.1) is 0 Å². The van der Waals surface area contributed by atoms with Crippen LogP contribution in [0, 0.1) is 41.4 Å². The molecule has 486 valence electrons. The Bertz CT molecular complexity index is 1710. The fourth-order valence-corrected chi connectivity index (χ4v) is 63.1. The van der Waals surface area contributed by atoms with Crippen molar-refractivity contribution in [2.45, 2.75) is 332 Å². The molecular weight excluding hydrogens is 1180 g/mol. The first-order chi connectivity index (χ1) is 39.2. The van der Waals surface area contributed by atoms with Gasteiger partial charge in [-0.3, -0.25) is 0 Å². The maximum Gasteiger partial charge on any atom is 0.482 e. The van der Waals surface area contributed by atoms with Crippen molar-refractivity contribution >= 4 is 76.4 Å². The molecule has 6 rings (SSSR count). The van der Waals surface area contributed by atoms with Gasteiger partial charge in [-0.2, -0.15) is 0 Å². The number of hydrogen-bond donors (Lipinski definition) is 1. The largest absolute Gasteiger partial charge is 0.482 e. The molecule has 0 radical (unpaired) electrons. The number of carboxylic acids is 1. The fraction of sp³-hybridized carbons (Fsp3) is 0.951. The lowest BCUT2D eigenvalue weighted by Gasteiger charge is -2.63. The van der Waals surface area contributed by atoms with Crippen molar-refractivity contribution in [3.05, 3.63) is 11.6 Å². The molecule has 6 saturated heterocycles. The molecule has 0 atom stereocenters. The van der Waals surface area contributed by atoms with Crippen LogP contribution in [0.4, 0.5) is 0 Å². The van der Waals surface area contributed by atoms with E-state index in [0.717, 1.165) is 180 Å². The number of unbranched alkanes of at least 4 members (excludes halogenated alkanes) is 14. The minimum Gasteiger partial charge on any atom is -0.478 e. The summed E-state index contributed by atoms with van der Waals surface area (Å²) in [6.07, 6.45) is 29.5. The van der Waals surface area contributed by atoms with Crippen LogP contribution in [0.15, 0.2) is 11.6 Å². The summed E-state index contributed by atoms with van der Waals surface area (Å²) in [4.78, 5) is 12.9. The molecule has 0 aromatic heterocycles. The standard InChI is InChI=1S/C61H126O14Si8/c1-53(2)37-23-16-30-45-76-64-77(46-31-17-24-38-54(3)4)67-80(49-34-20-27-41-57(9)10)69-78(65-76,47-32-18-25-39-55(5)6)71-82(51-36-22-29-43-59(13)14)72-79(66-76,48-33-19-26-40-56(7)8)70-81(68-77,50-35-21-28-42-58(11)12)74-83(73-80,75-82)52-44-60(15)61(62)63/h44,53-59H,16-43,45-52H2,1-15H3,(H,62,63). The van der Waals surface area contributed by atoms with Crippen LogP contribution in [-0.2, 0) is 54.2 Å². The van der Waals surface area contributed by atoms with Crippen molar-refractivity contribution in [2.75, 3.05) is 0 Å². The van der Waals surface area contributed by atoms with E-state index in [9.17, 15) is 9.90 Å². The molecule has 83 heavy (non-hydrogen) atoms. The van der Waals surface area contributed by atoms with Crippen LogP contribution in [0.1, 0.15) is 284 Å². The van der Waals surface area contributed by atoms with E-state index in [1.807, 2.05) is 0 Å². The first-order valence-electron chi connectivity index (χ1n) is 34.5. The normalized spacial score (nSPS) is 30.9. The number of hydrogen-bond acceptors (Lipinski definition) is 13. The maximum atomic E-state index is 12.9. The first kappa shape index (κ1) is 74.2. The van der Waals surface area contributed by atoms with Gasteiger partial charge in [-0.1, -0.05) is 238 Å². The number of carbonyl (C=O) groups is 1. The summed E-state index contributed by atoms with van der Waals surface area (Å²) in [5.41, 5.74) is 0.180. The second kappa shape index (κ2) is 35.3. The number of carboxylic acid groups (broad SMARTS) is 1. The highest BCUT2D eigenvalue weighted by Crippen LogP contribution is 2.55. The van der Waals surface area contributed by atoms with Crippen LogP contribution < -0.4 is 0 Å². The van der Waals surface area contributed by atoms with Gasteiger partial charge in [0.1, 0.15) is 0 Å². The molecule has 6 aliphatic heterocycles. The van der Waals surface area contributed by atoms with Crippen molar-refractivity contribution in [3.8, 4) is 0 Å². The van der Waals surface area contributed by atoms with Crippen molar-refractivity contribution in [1.29, 1.82) is 0 Å². The lowest BCUT2D eigenvalue weighted by molar-refractivity contribution is -0.132. The topological polar surface area (TPSA) is 148 Å². The van der Waals surface area contributed by atoms with Gasteiger partial charge in [-0.25, -0.2) is 4.79 Å². The zero-order valence-corrected chi connectivity index (χ0v) is 63.8. The third-order valence-corrected chi connectivity index (χ3v) is 54.4. The smallest absolute Gasteiger partial charge is 0.478 e. The minimum atomic E-state index is -4.36. The van der Waals surface area contributed by atoms with Gasteiger partial charge in [-0.05, 0) is 93.3 Å². The predicted molar refractivity (Wildman–Crippen MR) is 352 cm³/mol. The summed E-state index contributed by atoms with van der Waals surface area (Å²) < 4.78 is 98.9. The van der Waals surface area contributed by atoms with Gasteiger partial charge in [0, 0.05) is 53.9 Å². The molecule has 0 amide bonds. The minimum absolute atomic E-state index is 0.0402. The number of aliphatic carboxylic acids is 1. The van der Waals surface area contributed by atoms with E-state index in [1.54, 1.807) is 13.0 Å². The summed E-state index contributed by atoms with van der Waals surface area (Å²) in [5.74, 6) is 3.08. The summed E-state index contributed by atoms with van der Waals surface area (Å²) in [6.45, 7) is 33.8. The molecule has 0 aromatic rings. The molecule has 0 saturated carbocycles. The van der Waals surface area contributed by atoms with Crippen LogP contribution in [0.3, 0.4) is 0 Å². The van der Waals surface area contributed by atoms with E-state index >= 15 is 0 Å². The Balaban J connectivity index is 1.89. The SMILES string of the molecule is CC(=CC[Si]12O[Si]3(CCCCCC(C)C)O[Si]4(CCCCCC(C)C)O[Si](CCCCCC(C)C)(O1)O[Si]1(CCCCCC(C)C)O[Si](CCCCCC(C)C)(O2)O[Si](CCCCCC(C)C)(O3)O[Si](CCCCCC(C)C)(O4)O1)C(=O)O. The highest BCUT2D eigenvalue weighted by Gasteiger charge is 2.82. The van der Waals surface area contributed by atoms with Crippen LogP contribution in [-0.4, -0.2) is 81.5 Å². The number of allylic oxidation sites excluding steroid dienone is 1. The van der Waals surface area contributed by atoms with Crippen molar-refractivity contribution in [2.24, 2.45) is 41.4 Å². The molecule has 1 N–H and O–H groups in total. The van der Waals surface area contributed by atoms with Gasteiger partial charge in [0.2, 0.25) is 0 Å². The molecule has 0 spiro atoms. The maximum absolute atomic E-state index is 12.9. The van der Waals surface area contributed by atoms with Crippen LogP contribution in [0.5, 0.6) is 0 Å². The average molecular weight is 1310 g/mol. The van der Waals surface area contributed by atoms with Crippen molar-refractivity contribution in [1.82, 2.24) is 0 Å². The molecule has 0 aromatic carbocycles. The molecule has 0 aliphatic carbocycles. The fourth-order valence-electron chi connectivity index (χ4n) is 12.4. The Morgan fingerprint density at radius 2 is 0.434 bits per heavy atom. The molecule has 22 heteroatoms. The third kappa shape index (κ3) is 25.2. The van der Waals surface area contributed by atoms with Crippen LogP contribution >= 0.6 is 0 Å². The van der Waals surface area contributed by atoms with Gasteiger partial charge in [0.25, 0.3) is 0 Å². The Hall–Kier alpha value is 0.465. The van der Waals surface area contributed by atoms with E-state index in [2.05, 4.69) is 96.9 Å². The molecule has 14 nitrogen and oxygen atoms in total. The highest BCUT2D eigenvalue weighted by atomic mass is 28.6. The summed E-state index contributed by atoms with van der Waals surface area (Å²) in [7, 11) is -33.3. The summed E-state index contributed by atoms with van der Waals surface area (Å²) >= 11 is 0. The molecule has 6 aliphatic rings. The average Bonchev–Trinajstić information content (AvgIpc) is 3.34. The molecule has 6 heterocycles. The first-order valence-corrected chi connectivity index (χ1v) is 50.0. The highest BCUT2D eigenvalue weighted by molar-refractivity contribution is 7.03. The quantitative estimate of drug-likeness (QED) is 0.0350. The van der Waals surface area contributed by atoms with E-state index in [1.165, 1.54) is 0 Å². The van der Waals surface area contributed by atoms with Crippen LogP contribution in [0.2, 0.25) is 48.4 Å². The molecule has 8 bridgehead atoms. The van der Waals surface area contributed by atoms with Crippen LogP contribution in [0.25, 0.3) is 0 Å². The lowest BCUT2D eigenvalue weighted by atomic mass is 10.1. The molecule has 6 fully saturated rings. The van der Waals surface area contributed by atoms with Gasteiger partial charge in [-0.15, -0.1) is 0 Å². The third-order valence-electron chi connectivity index (χ3n) is 17.1. The monoisotopic (exact) mass is 1310 g/mol. The van der Waals surface area contributed by atoms with Gasteiger partial charge < -0.3 is 54.5 Å². The Labute approximate surface area is 517 Å². The predicted octanol–water partition coefficient (Wildman–Crippen LogP) is 19.3. The van der Waals surface area contributed by atoms with Crippen molar-refractivity contribution < 1.29 is 59.3 Å².